The third-order valence-corrected chi connectivity index (χ3v) is 0.913. The van der Waals surface area contributed by atoms with Crippen LogP contribution in [0.1, 0.15) is 6.42 Å². The molecule has 0 fully saturated rings. The van der Waals surface area contributed by atoms with Crippen molar-refractivity contribution in [3.63, 3.8) is 0 Å². The van der Waals surface area contributed by atoms with Gasteiger partial charge in [0.15, 0.2) is 0 Å². The van der Waals surface area contributed by atoms with Gasteiger partial charge in [0.05, 0.1) is 12.5 Å². The van der Waals surface area contributed by atoms with E-state index in [-0.39, 0.29) is 13.0 Å². The predicted molar refractivity (Wildman–Crippen MR) is 40.0 cm³/mol. The molecule has 0 saturated carbocycles. The van der Waals surface area contributed by atoms with Crippen molar-refractivity contribution in [3.05, 3.63) is 12.2 Å². The molecule has 64 valence electrons. The molecule has 0 unspecified atom stereocenters. The van der Waals surface area contributed by atoms with Gasteiger partial charge in [-0.05, 0) is 0 Å². The minimum absolute atomic E-state index is 0.215. The van der Waals surface area contributed by atoms with Crippen LogP contribution in [0.5, 0.6) is 0 Å². The number of carbonyl (C=O) groups excluding carboxylic acids is 1. The fourth-order valence-electron chi connectivity index (χ4n) is 0.448. The van der Waals surface area contributed by atoms with Gasteiger partial charge in [-0.25, -0.2) is 4.79 Å². The molecule has 0 rings (SSSR count). The minimum atomic E-state index is -1.18. The number of nitrogens with zero attached hydrogens (tertiary/aromatic N) is 1. The Morgan fingerprint density at radius 3 is 2.67 bits per heavy atom. The predicted octanol–water partition coefficient (Wildman–Crippen LogP) is -0.343. The van der Waals surface area contributed by atoms with E-state index in [1.165, 1.54) is 0 Å². The van der Waals surface area contributed by atoms with Crippen LogP contribution >= 0.6 is 0 Å². The Morgan fingerprint density at radius 2 is 2.17 bits per heavy atom. The highest BCUT2D eigenvalue weighted by Gasteiger charge is 1.94. The second-order valence-corrected chi connectivity index (χ2v) is 1.87. The smallest absolute Gasteiger partial charge is 0.328 e. The Kier molecular flexibility index (Phi) is 5.02. The number of aliphatic carboxylic acids is 1. The fourth-order valence-corrected chi connectivity index (χ4v) is 0.448. The zero-order valence-electron chi connectivity index (χ0n) is 6.28. The minimum Gasteiger partial charge on any atom is -0.478 e. The molecule has 1 amide bonds. The van der Waals surface area contributed by atoms with Crippen molar-refractivity contribution < 1.29 is 14.7 Å². The Hall–Kier alpha value is -1.83. The molecule has 0 bridgehead atoms. The highest BCUT2D eigenvalue weighted by Crippen LogP contribution is 1.76. The van der Waals surface area contributed by atoms with Gasteiger partial charge in [0.25, 0.3) is 0 Å². The van der Waals surface area contributed by atoms with E-state index < -0.39 is 11.9 Å². The van der Waals surface area contributed by atoms with Gasteiger partial charge in [-0.15, -0.1) is 0 Å². The summed E-state index contributed by atoms with van der Waals surface area (Å²) >= 11 is 0. The SMILES string of the molecule is N#CCCNC(=O)/C=C/C(=O)O. The number of rotatable bonds is 4. The van der Waals surface area contributed by atoms with Crippen molar-refractivity contribution in [1.29, 1.82) is 5.26 Å². The van der Waals surface area contributed by atoms with Crippen LogP contribution < -0.4 is 5.32 Å². The number of carboxylic acid groups (broad SMARTS) is 1. The molecule has 0 heterocycles. The van der Waals surface area contributed by atoms with Crippen molar-refractivity contribution in [2.75, 3.05) is 6.54 Å². The number of nitrogens with one attached hydrogen (secondary N) is 1. The van der Waals surface area contributed by atoms with E-state index in [2.05, 4.69) is 5.32 Å². The Labute approximate surface area is 69.3 Å². The average Bonchev–Trinajstić information content (AvgIpc) is 2.01. The van der Waals surface area contributed by atoms with Crippen molar-refractivity contribution in [2.24, 2.45) is 0 Å². The van der Waals surface area contributed by atoms with E-state index in [1.807, 2.05) is 6.07 Å². The van der Waals surface area contributed by atoms with Gasteiger partial charge in [-0.2, -0.15) is 5.26 Å². The van der Waals surface area contributed by atoms with Crippen LogP contribution in [0.3, 0.4) is 0 Å². The zero-order chi connectivity index (χ0) is 9.40. The van der Waals surface area contributed by atoms with Gasteiger partial charge in [0, 0.05) is 18.7 Å². The topological polar surface area (TPSA) is 90.2 Å². The van der Waals surface area contributed by atoms with Crippen LogP contribution in [0.25, 0.3) is 0 Å². The summed E-state index contributed by atoms with van der Waals surface area (Å²) in [6, 6.07) is 1.83. The molecule has 0 aromatic rings. The van der Waals surface area contributed by atoms with Crippen molar-refractivity contribution in [1.82, 2.24) is 5.32 Å². The summed E-state index contributed by atoms with van der Waals surface area (Å²) in [5.74, 6) is -1.68. The van der Waals surface area contributed by atoms with Gasteiger partial charge in [0.2, 0.25) is 5.91 Å². The molecule has 2 N–H and O–H groups in total. The standard InChI is InChI=1S/C7H8N2O3/c8-4-1-5-9-6(10)2-3-7(11)12/h2-3H,1,5H2,(H,9,10)(H,11,12)/b3-2+. The van der Waals surface area contributed by atoms with Gasteiger partial charge < -0.3 is 10.4 Å². The lowest BCUT2D eigenvalue weighted by molar-refractivity contribution is -0.131. The van der Waals surface area contributed by atoms with E-state index in [0.29, 0.717) is 0 Å². The molecule has 0 spiro atoms. The van der Waals surface area contributed by atoms with E-state index in [0.717, 1.165) is 12.2 Å². The summed E-state index contributed by atoms with van der Waals surface area (Å²) in [6.45, 7) is 0.235. The summed E-state index contributed by atoms with van der Waals surface area (Å²) in [5.41, 5.74) is 0. The Bertz CT molecular complexity index is 240. The highest BCUT2D eigenvalue weighted by molar-refractivity contribution is 5.93. The maximum absolute atomic E-state index is 10.7. The molecule has 12 heavy (non-hydrogen) atoms. The maximum Gasteiger partial charge on any atom is 0.328 e. The molecule has 5 nitrogen and oxygen atoms in total. The number of hydrogen-bond acceptors (Lipinski definition) is 3. The Balaban J connectivity index is 3.61. The van der Waals surface area contributed by atoms with Crippen LogP contribution in [-0.4, -0.2) is 23.5 Å². The molecule has 0 aromatic heterocycles. The van der Waals surface area contributed by atoms with Gasteiger partial charge in [0.1, 0.15) is 0 Å². The van der Waals surface area contributed by atoms with Crippen LogP contribution in [-0.2, 0) is 9.59 Å². The number of nitriles is 1. The van der Waals surface area contributed by atoms with Crippen molar-refractivity contribution in [2.45, 2.75) is 6.42 Å². The molecule has 0 radical (unpaired) electrons. The number of carboxylic acids is 1. The molecule has 5 heteroatoms. The lowest BCUT2D eigenvalue weighted by atomic mass is 10.4. The largest absolute Gasteiger partial charge is 0.478 e. The van der Waals surface area contributed by atoms with Crippen molar-refractivity contribution in [3.8, 4) is 6.07 Å². The molecule has 0 aromatic carbocycles. The molecule has 0 atom stereocenters. The van der Waals surface area contributed by atoms with Crippen LogP contribution in [0.2, 0.25) is 0 Å². The fraction of sp³-hybridized carbons (Fsp3) is 0.286. The molecular formula is C7H8N2O3. The second-order valence-electron chi connectivity index (χ2n) is 1.87. The summed E-state index contributed by atoms with van der Waals surface area (Å²) in [6.07, 6.45) is 1.86. The summed E-state index contributed by atoms with van der Waals surface area (Å²) in [4.78, 5) is 20.6. The molecular weight excluding hydrogens is 160 g/mol. The van der Waals surface area contributed by atoms with Crippen molar-refractivity contribution >= 4 is 11.9 Å². The maximum atomic E-state index is 10.7. The van der Waals surface area contributed by atoms with E-state index in [9.17, 15) is 9.59 Å². The van der Waals surface area contributed by atoms with Crippen LogP contribution in [0.4, 0.5) is 0 Å². The number of carbonyl (C=O) groups is 2. The van der Waals surface area contributed by atoms with Crippen LogP contribution in [0, 0.1) is 11.3 Å². The summed E-state index contributed by atoms with van der Waals surface area (Å²) in [7, 11) is 0. The van der Waals surface area contributed by atoms with E-state index >= 15 is 0 Å². The van der Waals surface area contributed by atoms with E-state index in [4.69, 9.17) is 10.4 Å². The zero-order valence-corrected chi connectivity index (χ0v) is 6.28. The average molecular weight is 168 g/mol. The molecule has 0 aliphatic heterocycles. The second kappa shape index (κ2) is 5.92. The summed E-state index contributed by atoms with van der Waals surface area (Å²) in [5, 5.41) is 18.5. The quantitative estimate of drug-likeness (QED) is 0.443. The first-order valence-corrected chi connectivity index (χ1v) is 3.22. The highest BCUT2D eigenvalue weighted by atomic mass is 16.4. The number of hydrogen-bond donors (Lipinski definition) is 2. The normalized spacial score (nSPS) is 9.25. The van der Waals surface area contributed by atoms with Gasteiger partial charge in [-0.1, -0.05) is 0 Å². The third kappa shape index (κ3) is 6.29. The van der Waals surface area contributed by atoms with Gasteiger partial charge in [-0.3, -0.25) is 4.79 Å². The summed E-state index contributed by atoms with van der Waals surface area (Å²) < 4.78 is 0. The van der Waals surface area contributed by atoms with E-state index in [1.54, 1.807) is 0 Å². The Morgan fingerprint density at radius 1 is 1.50 bits per heavy atom. The molecule has 0 aliphatic rings. The lowest BCUT2D eigenvalue weighted by Gasteiger charge is -1.94. The first kappa shape index (κ1) is 10.2. The lowest BCUT2D eigenvalue weighted by Crippen LogP contribution is -2.21. The van der Waals surface area contributed by atoms with Crippen LogP contribution in [0.15, 0.2) is 12.2 Å². The first-order chi connectivity index (χ1) is 5.66. The molecule has 0 aliphatic carbocycles. The number of amides is 1. The first-order valence-electron chi connectivity index (χ1n) is 3.22. The third-order valence-electron chi connectivity index (χ3n) is 0.913. The van der Waals surface area contributed by atoms with Gasteiger partial charge >= 0.3 is 5.97 Å². The molecule has 0 saturated heterocycles. The monoisotopic (exact) mass is 168 g/mol.